The number of fused-ring (bicyclic) bond motifs is 1. The molecule has 1 aromatic carbocycles. The highest BCUT2D eigenvalue weighted by Gasteiger charge is 2.24. The summed E-state index contributed by atoms with van der Waals surface area (Å²) in [7, 11) is 0. The molecule has 1 aromatic rings. The van der Waals surface area contributed by atoms with Gasteiger partial charge in [0.05, 0.1) is 6.10 Å². The number of carbonyl (C=O) groups is 1. The maximum Gasteiger partial charge on any atom is 0.223 e. The molecule has 1 aliphatic rings. The van der Waals surface area contributed by atoms with Crippen LogP contribution in [0.25, 0.3) is 0 Å². The SMILES string of the molecule is CCCC(=O)N1Cc2ccc(C(O)C(C)C)cc2C1. The van der Waals surface area contributed by atoms with Crippen LogP contribution in [0, 0.1) is 5.92 Å². The van der Waals surface area contributed by atoms with E-state index >= 15 is 0 Å². The fourth-order valence-corrected chi connectivity index (χ4v) is 2.53. The van der Waals surface area contributed by atoms with Crippen LogP contribution in [0.2, 0.25) is 0 Å². The first-order valence-electron chi connectivity index (χ1n) is 7.10. The molecule has 0 fully saturated rings. The number of aliphatic hydroxyl groups excluding tert-OH is 1. The number of amides is 1. The van der Waals surface area contributed by atoms with Gasteiger partial charge in [0, 0.05) is 19.5 Å². The maximum atomic E-state index is 11.9. The van der Waals surface area contributed by atoms with Gasteiger partial charge in [0.15, 0.2) is 0 Å². The molecule has 3 nitrogen and oxygen atoms in total. The highest BCUT2D eigenvalue weighted by Crippen LogP contribution is 2.29. The van der Waals surface area contributed by atoms with E-state index in [0.29, 0.717) is 19.5 Å². The summed E-state index contributed by atoms with van der Waals surface area (Å²) in [4.78, 5) is 13.8. The van der Waals surface area contributed by atoms with Crippen molar-refractivity contribution in [3.05, 3.63) is 34.9 Å². The summed E-state index contributed by atoms with van der Waals surface area (Å²) < 4.78 is 0. The third-order valence-electron chi connectivity index (χ3n) is 3.74. The maximum absolute atomic E-state index is 11.9. The minimum absolute atomic E-state index is 0.206. The lowest BCUT2D eigenvalue weighted by atomic mass is 9.96. The zero-order chi connectivity index (χ0) is 14.0. The van der Waals surface area contributed by atoms with Crippen molar-refractivity contribution in [2.45, 2.75) is 52.8 Å². The molecule has 2 rings (SSSR count). The fraction of sp³-hybridized carbons (Fsp3) is 0.562. The van der Waals surface area contributed by atoms with Gasteiger partial charge in [-0.05, 0) is 29.0 Å². The van der Waals surface area contributed by atoms with Crippen molar-refractivity contribution in [1.29, 1.82) is 0 Å². The Hall–Kier alpha value is -1.35. The molecule has 1 atom stereocenters. The van der Waals surface area contributed by atoms with Gasteiger partial charge in [0.1, 0.15) is 0 Å². The van der Waals surface area contributed by atoms with E-state index in [4.69, 9.17) is 0 Å². The molecule has 0 aliphatic carbocycles. The predicted octanol–water partition coefficient (Wildman–Crippen LogP) is 3.02. The highest BCUT2D eigenvalue weighted by atomic mass is 16.3. The number of carbonyl (C=O) groups excluding carboxylic acids is 1. The van der Waals surface area contributed by atoms with E-state index in [0.717, 1.165) is 12.0 Å². The molecule has 0 bridgehead atoms. The normalized spacial score (nSPS) is 15.7. The molecule has 1 N–H and O–H groups in total. The van der Waals surface area contributed by atoms with Crippen LogP contribution in [0.1, 0.15) is 56.4 Å². The number of hydrogen-bond acceptors (Lipinski definition) is 2. The van der Waals surface area contributed by atoms with Crippen molar-refractivity contribution in [2.75, 3.05) is 0 Å². The topological polar surface area (TPSA) is 40.5 Å². The number of nitrogens with zero attached hydrogens (tertiary/aromatic N) is 1. The lowest BCUT2D eigenvalue weighted by Gasteiger charge is -2.15. The van der Waals surface area contributed by atoms with Gasteiger partial charge in [-0.1, -0.05) is 39.0 Å². The van der Waals surface area contributed by atoms with Crippen molar-refractivity contribution >= 4 is 5.91 Å². The molecule has 0 saturated heterocycles. The molecular formula is C16H23NO2. The van der Waals surface area contributed by atoms with Gasteiger partial charge in [0.2, 0.25) is 5.91 Å². The van der Waals surface area contributed by atoms with Crippen LogP contribution in [0.3, 0.4) is 0 Å². The Labute approximate surface area is 115 Å². The number of rotatable bonds is 4. The molecule has 1 unspecified atom stereocenters. The molecule has 0 aromatic heterocycles. The average Bonchev–Trinajstić information content (AvgIpc) is 2.80. The molecule has 0 saturated carbocycles. The second-order valence-electron chi connectivity index (χ2n) is 5.72. The van der Waals surface area contributed by atoms with E-state index in [1.54, 1.807) is 0 Å². The van der Waals surface area contributed by atoms with Gasteiger partial charge in [-0.2, -0.15) is 0 Å². The lowest BCUT2D eigenvalue weighted by Crippen LogP contribution is -2.24. The summed E-state index contributed by atoms with van der Waals surface area (Å²) in [6.07, 6.45) is 1.09. The molecule has 3 heteroatoms. The van der Waals surface area contributed by atoms with E-state index in [1.165, 1.54) is 11.1 Å². The Morgan fingerprint density at radius 1 is 1.32 bits per heavy atom. The van der Waals surface area contributed by atoms with Crippen LogP contribution >= 0.6 is 0 Å². The first-order chi connectivity index (χ1) is 9.02. The van der Waals surface area contributed by atoms with Crippen LogP contribution < -0.4 is 0 Å². The van der Waals surface area contributed by atoms with Crippen LogP contribution in [0.4, 0.5) is 0 Å². The molecule has 1 aliphatic heterocycles. The molecule has 1 amide bonds. The number of benzene rings is 1. The third-order valence-corrected chi connectivity index (χ3v) is 3.74. The van der Waals surface area contributed by atoms with Gasteiger partial charge in [-0.15, -0.1) is 0 Å². The lowest BCUT2D eigenvalue weighted by molar-refractivity contribution is -0.131. The molecular weight excluding hydrogens is 238 g/mol. The van der Waals surface area contributed by atoms with Gasteiger partial charge in [-0.25, -0.2) is 0 Å². The van der Waals surface area contributed by atoms with E-state index in [2.05, 4.69) is 12.1 Å². The zero-order valence-electron chi connectivity index (χ0n) is 12.0. The van der Waals surface area contributed by atoms with E-state index in [1.807, 2.05) is 31.7 Å². The summed E-state index contributed by atoms with van der Waals surface area (Å²) in [5.41, 5.74) is 3.35. The average molecular weight is 261 g/mol. The minimum atomic E-state index is -0.425. The Kier molecular flexibility index (Phi) is 4.25. The van der Waals surface area contributed by atoms with E-state index in [-0.39, 0.29) is 11.8 Å². The van der Waals surface area contributed by atoms with Crippen LogP contribution in [0.15, 0.2) is 18.2 Å². The Balaban J connectivity index is 2.14. The van der Waals surface area contributed by atoms with Crippen molar-refractivity contribution in [2.24, 2.45) is 5.92 Å². The summed E-state index contributed by atoms with van der Waals surface area (Å²) in [5, 5.41) is 10.1. The van der Waals surface area contributed by atoms with Crippen LogP contribution in [-0.2, 0) is 17.9 Å². The summed E-state index contributed by atoms with van der Waals surface area (Å²) in [5.74, 6) is 0.432. The van der Waals surface area contributed by atoms with Crippen molar-refractivity contribution in [1.82, 2.24) is 4.90 Å². The predicted molar refractivity (Wildman–Crippen MR) is 75.4 cm³/mol. The quantitative estimate of drug-likeness (QED) is 0.905. The molecule has 19 heavy (non-hydrogen) atoms. The van der Waals surface area contributed by atoms with E-state index in [9.17, 15) is 9.90 Å². The Morgan fingerprint density at radius 3 is 2.63 bits per heavy atom. The van der Waals surface area contributed by atoms with Crippen LogP contribution in [-0.4, -0.2) is 15.9 Å². The first kappa shape index (κ1) is 14.1. The number of aliphatic hydroxyl groups is 1. The molecule has 0 spiro atoms. The van der Waals surface area contributed by atoms with E-state index < -0.39 is 6.10 Å². The molecule has 104 valence electrons. The number of hydrogen-bond donors (Lipinski definition) is 1. The Bertz CT molecular complexity index is 468. The summed E-state index contributed by atoms with van der Waals surface area (Å²) in [6.45, 7) is 7.45. The monoisotopic (exact) mass is 261 g/mol. The van der Waals surface area contributed by atoms with Gasteiger partial charge in [-0.3, -0.25) is 4.79 Å². The summed E-state index contributed by atoms with van der Waals surface area (Å²) in [6, 6.07) is 6.09. The fourth-order valence-electron chi connectivity index (χ4n) is 2.53. The minimum Gasteiger partial charge on any atom is -0.388 e. The second kappa shape index (κ2) is 5.74. The standard InChI is InChI=1S/C16H23NO2/c1-4-5-15(18)17-9-13-7-6-12(8-14(13)10-17)16(19)11(2)3/h6-8,11,16,19H,4-5,9-10H2,1-3H3. The van der Waals surface area contributed by atoms with Gasteiger partial charge in [0.25, 0.3) is 0 Å². The van der Waals surface area contributed by atoms with Crippen molar-refractivity contribution < 1.29 is 9.90 Å². The van der Waals surface area contributed by atoms with Gasteiger partial charge >= 0.3 is 0 Å². The third kappa shape index (κ3) is 2.98. The molecule has 0 radical (unpaired) electrons. The largest absolute Gasteiger partial charge is 0.388 e. The first-order valence-corrected chi connectivity index (χ1v) is 7.10. The van der Waals surface area contributed by atoms with Crippen LogP contribution in [0.5, 0.6) is 0 Å². The van der Waals surface area contributed by atoms with Gasteiger partial charge < -0.3 is 10.0 Å². The zero-order valence-corrected chi connectivity index (χ0v) is 12.0. The highest BCUT2D eigenvalue weighted by molar-refractivity contribution is 5.76. The van der Waals surface area contributed by atoms with Crippen molar-refractivity contribution in [3.63, 3.8) is 0 Å². The smallest absolute Gasteiger partial charge is 0.223 e. The second-order valence-corrected chi connectivity index (χ2v) is 5.72. The summed E-state index contributed by atoms with van der Waals surface area (Å²) >= 11 is 0. The van der Waals surface area contributed by atoms with Crippen molar-refractivity contribution in [3.8, 4) is 0 Å². The Morgan fingerprint density at radius 2 is 2.00 bits per heavy atom. The molecule has 1 heterocycles.